The van der Waals surface area contributed by atoms with Crippen LogP contribution >= 0.6 is 0 Å². The van der Waals surface area contributed by atoms with Crippen molar-refractivity contribution in [2.45, 2.75) is 6.54 Å². The lowest BCUT2D eigenvalue weighted by Crippen LogP contribution is -2.01. The molecule has 0 aliphatic carbocycles. The molecule has 0 spiro atoms. The van der Waals surface area contributed by atoms with E-state index in [0.29, 0.717) is 12.1 Å². The molecule has 0 bridgehead atoms. The van der Waals surface area contributed by atoms with Gasteiger partial charge >= 0.3 is 0 Å². The number of hydrogen-bond acceptors (Lipinski definition) is 3. The normalized spacial score (nSPS) is 9.56. The number of nitrogens with zero attached hydrogens (tertiary/aromatic N) is 1. The second-order valence-corrected chi connectivity index (χ2v) is 3.86. The zero-order valence-electron chi connectivity index (χ0n) is 10.2. The van der Waals surface area contributed by atoms with Gasteiger partial charge in [0.1, 0.15) is 11.8 Å². The van der Waals surface area contributed by atoms with Crippen LogP contribution in [0.1, 0.15) is 11.1 Å². The standard InChI is InChI=1S/C15H14N2O/c1-18-14-8-7-13(10-16)15(9-14)17-11-12-5-3-2-4-6-12/h2-9,17H,11H2,1H3. The van der Waals surface area contributed by atoms with Crippen LogP contribution in [0.5, 0.6) is 5.75 Å². The highest BCUT2D eigenvalue weighted by Gasteiger charge is 2.03. The van der Waals surface area contributed by atoms with E-state index in [2.05, 4.69) is 11.4 Å². The predicted molar refractivity (Wildman–Crippen MR) is 71.5 cm³/mol. The molecule has 0 aliphatic rings. The highest BCUT2D eigenvalue weighted by molar-refractivity contribution is 5.60. The van der Waals surface area contributed by atoms with E-state index in [-0.39, 0.29) is 0 Å². The molecule has 0 atom stereocenters. The zero-order valence-corrected chi connectivity index (χ0v) is 10.2. The lowest BCUT2D eigenvalue weighted by Gasteiger charge is -2.10. The summed E-state index contributed by atoms with van der Waals surface area (Å²) in [4.78, 5) is 0. The van der Waals surface area contributed by atoms with E-state index in [4.69, 9.17) is 10.00 Å². The molecule has 18 heavy (non-hydrogen) atoms. The molecule has 0 amide bonds. The fraction of sp³-hybridized carbons (Fsp3) is 0.133. The summed E-state index contributed by atoms with van der Waals surface area (Å²) >= 11 is 0. The average molecular weight is 238 g/mol. The summed E-state index contributed by atoms with van der Waals surface area (Å²) in [6.45, 7) is 0.683. The van der Waals surface area contributed by atoms with Crippen molar-refractivity contribution in [1.82, 2.24) is 0 Å². The Morgan fingerprint density at radius 1 is 1.17 bits per heavy atom. The molecule has 0 saturated heterocycles. The molecular formula is C15H14N2O. The van der Waals surface area contributed by atoms with Crippen molar-refractivity contribution in [2.24, 2.45) is 0 Å². The van der Waals surface area contributed by atoms with E-state index < -0.39 is 0 Å². The molecule has 0 unspecified atom stereocenters. The monoisotopic (exact) mass is 238 g/mol. The minimum Gasteiger partial charge on any atom is -0.497 e. The van der Waals surface area contributed by atoms with Crippen LogP contribution in [-0.4, -0.2) is 7.11 Å². The number of rotatable bonds is 4. The van der Waals surface area contributed by atoms with Gasteiger partial charge in [0, 0.05) is 12.6 Å². The van der Waals surface area contributed by atoms with E-state index in [9.17, 15) is 0 Å². The third kappa shape index (κ3) is 2.80. The van der Waals surface area contributed by atoms with Gasteiger partial charge in [-0.25, -0.2) is 0 Å². The van der Waals surface area contributed by atoms with E-state index in [1.165, 1.54) is 5.56 Å². The maximum Gasteiger partial charge on any atom is 0.121 e. The van der Waals surface area contributed by atoms with Crippen molar-refractivity contribution in [1.29, 1.82) is 5.26 Å². The van der Waals surface area contributed by atoms with Crippen molar-refractivity contribution in [3.8, 4) is 11.8 Å². The van der Waals surface area contributed by atoms with Gasteiger partial charge in [0.15, 0.2) is 0 Å². The van der Waals surface area contributed by atoms with Crippen molar-refractivity contribution in [3.05, 3.63) is 59.7 Å². The number of methoxy groups -OCH3 is 1. The number of nitrogens with one attached hydrogen (secondary N) is 1. The van der Waals surface area contributed by atoms with Crippen LogP contribution in [0.25, 0.3) is 0 Å². The molecule has 0 aromatic heterocycles. The SMILES string of the molecule is COc1ccc(C#N)c(NCc2ccccc2)c1. The third-order valence-corrected chi connectivity index (χ3v) is 2.67. The Morgan fingerprint density at radius 2 is 1.94 bits per heavy atom. The molecule has 90 valence electrons. The third-order valence-electron chi connectivity index (χ3n) is 2.67. The van der Waals surface area contributed by atoms with Gasteiger partial charge in [-0.05, 0) is 17.7 Å². The Bertz CT molecular complexity index is 558. The molecule has 2 rings (SSSR count). The Balaban J connectivity index is 2.15. The molecule has 2 aromatic carbocycles. The molecule has 0 fully saturated rings. The summed E-state index contributed by atoms with van der Waals surface area (Å²) < 4.78 is 5.16. The minimum absolute atomic E-state index is 0.617. The second kappa shape index (κ2) is 5.74. The summed E-state index contributed by atoms with van der Waals surface area (Å²) in [5.41, 5.74) is 2.58. The number of nitriles is 1. The summed E-state index contributed by atoms with van der Waals surface area (Å²) in [6, 6.07) is 17.6. The molecule has 3 nitrogen and oxygen atoms in total. The van der Waals surface area contributed by atoms with Crippen LogP contribution in [0.4, 0.5) is 5.69 Å². The van der Waals surface area contributed by atoms with Crippen molar-refractivity contribution < 1.29 is 4.74 Å². The lowest BCUT2D eigenvalue weighted by atomic mass is 10.1. The van der Waals surface area contributed by atoms with E-state index in [0.717, 1.165) is 11.4 Å². The first-order valence-electron chi connectivity index (χ1n) is 5.69. The van der Waals surface area contributed by atoms with E-state index >= 15 is 0 Å². The highest BCUT2D eigenvalue weighted by atomic mass is 16.5. The summed E-state index contributed by atoms with van der Waals surface area (Å²) in [6.07, 6.45) is 0. The fourth-order valence-electron chi connectivity index (χ4n) is 1.69. The zero-order chi connectivity index (χ0) is 12.8. The number of ether oxygens (including phenoxy) is 1. The Hall–Kier alpha value is -2.47. The van der Waals surface area contributed by atoms with Crippen LogP contribution in [-0.2, 0) is 6.54 Å². The Labute approximate surface area is 107 Å². The first-order chi connectivity index (χ1) is 8.83. The van der Waals surface area contributed by atoms with Gasteiger partial charge in [0.05, 0.1) is 18.4 Å². The molecule has 0 radical (unpaired) electrons. The van der Waals surface area contributed by atoms with Crippen LogP contribution < -0.4 is 10.1 Å². The molecule has 3 heteroatoms. The molecule has 0 heterocycles. The number of anilines is 1. The van der Waals surface area contributed by atoms with Gasteiger partial charge in [-0.3, -0.25) is 0 Å². The molecular weight excluding hydrogens is 224 g/mol. The second-order valence-electron chi connectivity index (χ2n) is 3.86. The van der Waals surface area contributed by atoms with Crippen molar-refractivity contribution in [3.63, 3.8) is 0 Å². The quantitative estimate of drug-likeness (QED) is 0.889. The maximum atomic E-state index is 9.05. The summed E-state index contributed by atoms with van der Waals surface area (Å²) in [7, 11) is 1.61. The molecule has 2 aromatic rings. The van der Waals surface area contributed by atoms with Gasteiger partial charge in [0.2, 0.25) is 0 Å². The fourth-order valence-corrected chi connectivity index (χ4v) is 1.69. The lowest BCUT2D eigenvalue weighted by molar-refractivity contribution is 0.415. The van der Waals surface area contributed by atoms with Gasteiger partial charge in [0.25, 0.3) is 0 Å². The average Bonchev–Trinajstić information content (AvgIpc) is 2.45. The number of benzene rings is 2. The van der Waals surface area contributed by atoms with E-state index in [1.54, 1.807) is 19.2 Å². The summed E-state index contributed by atoms with van der Waals surface area (Å²) in [5, 5.41) is 12.3. The van der Waals surface area contributed by atoms with Crippen LogP contribution in [0.15, 0.2) is 48.5 Å². The van der Waals surface area contributed by atoms with Crippen LogP contribution in [0, 0.1) is 11.3 Å². The summed E-state index contributed by atoms with van der Waals surface area (Å²) in [5.74, 6) is 0.740. The van der Waals surface area contributed by atoms with E-state index in [1.807, 2.05) is 36.4 Å². The maximum absolute atomic E-state index is 9.05. The van der Waals surface area contributed by atoms with Crippen LogP contribution in [0.2, 0.25) is 0 Å². The molecule has 0 aliphatic heterocycles. The minimum atomic E-state index is 0.617. The topological polar surface area (TPSA) is 45.0 Å². The van der Waals surface area contributed by atoms with Crippen LogP contribution in [0.3, 0.4) is 0 Å². The highest BCUT2D eigenvalue weighted by Crippen LogP contribution is 2.22. The Morgan fingerprint density at radius 3 is 2.61 bits per heavy atom. The largest absolute Gasteiger partial charge is 0.497 e. The van der Waals surface area contributed by atoms with Gasteiger partial charge in [-0.1, -0.05) is 30.3 Å². The smallest absolute Gasteiger partial charge is 0.121 e. The van der Waals surface area contributed by atoms with Gasteiger partial charge in [-0.15, -0.1) is 0 Å². The first kappa shape index (κ1) is 12.0. The van der Waals surface area contributed by atoms with Crippen molar-refractivity contribution in [2.75, 3.05) is 12.4 Å². The van der Waals surface area contributed by atoms with Gasteiger partial charge in [-0.2, -0.15) is 5.26 Å². The van der Waals surface area contributed by atoms with Crippen molar-refractivity contribution >= 4 is 5.69 Å². The molecule has 0 saturated carbocycles. The molecule has 1 N–H and O–H groups in total. The first-order valence-corrected chi connectivity index (χ1v) is 5.69. The Kier molecular flexibility index (Phi) is 3.83. The number of hydrogen-bond donors (Lipinski definition) is 1. The van der Waals surface area contributed by atoms with Gasteiger partial charge < -0.3 is 10.1 Å². The predicted octanol–water partition coefficient (Wildman–Crippen LogP) is 3.18.